The number of anilines is 3. The summed E-state index contributed by atoms with van der Waals surface area (Å²) in [5.74, 6) is 1.43. The molecule has 1 aromatic heterocycles. The quantitative estimate of drug-likeness (QED) is 0.917. The normalized spacial score (nSPS) is 15.0. The van der Waals surface area contributed by atoms with Gasteiger partial charge in [0.25, 0.3) is 0 Å². The monoisotopic (exact) mass is 347 g/mol. The van der Waals surface area contributed by atoms with E-state index in [1.54, 1.807) is 6.20 Å². The predicted octanol–water partition coefficient (Wildman–Crippen LogP) is 3.68. The molecule has 1 N–H and O–H groups in total. The molecule has 2 heterocycles. The molecule has 2 aromatic rings. The van der Waals surface area contributed by atoms with Gasteiger partial charge in [0, 0.05) is 17.6 Å². The Morgan fingerprint density at radius 3 is 2.76 bits per heavy atom. The average Bonchev–Trinajstić information content (AvgIpc) is 2.51. The summed E-state index contributed by atoms with van der Waals surface area (Å²) in [5.41, 5.74) is 2.15. The van der Waals surface area contributed by atoms with Gasteiger partial charge in [0.15, 0.2) is 5.82 Å². The molecular weight excluding hydrogens is 330 g/mol. The fraction of sp³-hybridized carbons (Fsp3) is 0.400. The summed E-state index contributed by atoms with van der Waals surface area (Å²) >= 11 is 3.55. The Balaban J connectivity index is 1.79. The molecule has 1 fully saturated rings. The van der Waals surface area contributed by atoms with E-state index in [4.69, 9.17) is 0 Å². The van der Waals surface area contributed by atoms with Crippen LogP contribution in [0.4, 0.5) is 17.5 Å². The zero-order valence-electron chi connectivity index (χ0n) is 12.0. The maximum atomic E-state index is 4.58. The van der Waals surface area contributed by atoms with Crippen LogP contribution in [0.5, 0.6) is 0 Å². The molecule has 1 aliphatic heterocycles. The fourth-order valence-electron chi connectivity index (χ4n) is 2.47. The first kappa shape index (κ1) is 14.3. The number of hydrogen-bond acceptors (Lipinski definition) is 5. The second kappa shape index (κ2) is 6.39. The van der Waals surface area contributed by atoms with Gasteiger partial charge >= 0.3 is 0 Å². The van der Waals surface area contributed by atoms with Crippen molar-refractivity contribution in [2.24, 2.45) is 0 Å². The van der Waals surface area contributed by atoms with Crippen LogP contribution >= 0.6 is 15.9 Å². The third-order valence-electron chi connectivity index (χ3n) is 3.60. The van der Waals surface area contributed by atoms with Gasteiger partial charge in [0.05, 0.1) is 11.9 Å². The highest BCUT2D eigenvalue weighted by atomic mass is 79.9. The Kier molecular flexibility index (Phi) is 4.34. The SMILES string of the molecule is Cc1ccc(Nc2nncc(N3CCCCC3)n2)c(Br)c1. The highest BCUT2D eigenvalue weighted by Crippen LogP contribution is 2.26. The van der Waals surface area contributed by atoms with Crippen LogP contribution in [0, 0.1) is 6.92 Å². The number of aromatic nitrogens is 3. The van der Waals surface area contributed by atoms with Crippen molar-refractivity contribution < 1.29 is 0 Å². The van der Waals surface area contributed by atoms with E-state index in [1.807, 2.05) is 6.07 Å². The Labute approximate surface area is 132 Å². The molecule has 0 saturated carbocycles. The molecule has 1 aliphatic rings. The summed E-state index contributed by atoms with van der Waals surface area (Å²) in [6, 6.07) is 6.12. The molecule has 5 nitrogen and oxygen atoms in total. The lowest BCUT2D eigenvalue weighted by Crippen LogP contribution is -2.30. The lowest BCUT2D eigenvalue weighted by Gasteiger charge is -2.27. The summed E-state index contributed by atoms with van der Waals surface area (Å²) in [7, 11) is 0. The maximum Gasteiger partial charge on any atom is 0.249 e. The van der Waals surface area contributed by atoms with Gasteiger partial charge in [0.1, 0.15) is 0 Å². The van der Waals surface area contributed by atoms with Crippen molar-refractivity contribution in [3.8, 4) is 0 Å². The number of aryl methyl sites for hydroxylation is 1. The number of piperidine rings is 1. The number of rotatable bonds is 3. The van der Waals surface area contributed by atoms with Gasteiger partial charge in [-0.25, -0.2) is 0 Å². The fourth-order valence-corrected chi connectivity index (χ4v) is 3.06. The van der Waals surface area contributed by atoms with Crippen LogP contribution < -0.4 is 10.2 Å². The van der Waals surface area contributed by atoms with E-state index in [9.17, 15) is 0 Å². The van der Waals surface area contributed by atoms with Crippen molar-refractivity contribution in [3.05, 3.63) is 34.4 Å². The number of benzene rings is 1. The van der Waals surface area contributed by atoms with Gasteiger partial charge in [-0.3, -0.25) is 0 Å². The van der Waals surface area contributed by atoms with Crippen molar-refractivity contribution in [1.82, 2.24) is 15.2 Å². The first-order valence-electron chi connectivity index (χ1n) is 7.20. The molecule has 0 aliphatic carbocycles. The van der Waals surface area contributed by atoms with Gasteiger partial charge < -0.3 is 10.2 Å². The van der Waals surface area contributed by atoms with Crippen LogP contribution in [-0.2, 0) is 0 Å². The third kappa shape index (κ3) is 3.50. The standard InChI is InChI=1S/C15H18BrN5/c1-11-5-6-13(12(16)9-11)18-15-19-14(10-17-20-15)21-7-3-2-4-8-21/h5-6,9-10H,2-4,7-8H2,1H3,(H,18,19,20). The number of nitrogens with one attached hydrogen (secondary N) is 1. The van der Waals surface area contributed by atoms with Gasteiger partial charge in [-0.05, 0) is 59.8 Å². The van der Waals surface area contributed by atoms with Crippen molar-refractivity contribution in [1.29, 1.82) is 0 Å². The number of halogens is 1. The number of nitrogens with zero attached hydrogens (tertiary/aromatic N) is 4. The molecule has 6 heteroatoms. The van der Waals surface area contributed by atoms with Crippen molar-refractivity contribution in [3.63, 3.8) is 0 Å². The molecule has 1 aromatic carbocycles. The Hall–Kier alpha value is -1.69. The maximum absolute atomic E-state index is 4.58. The average molecular weight is 348 g/mol. The van der Waals surface area contributed by atoms with E-state index in [0.29, 0.717) is 5.95 Å². The van der Waals surface area contributed by atoms with Crippen molar-refractivity contribution in [2.75, 3.05) is 23.3 Å². The molecule has 0 radical (unpaired) electrons. The van der Waals surface area contributed by atoms with E-state index < -0.39 is 0 Å². The number of hydrogen-bond donors (Lipinski definition) is 1. The summed E-state index contributed by atoms with van der Waals surface area (Å²) < 4.78 is 0.995. The van der Waals surface area contributed by atoms with Gasteiger partial charge in [-0.1, -0.05) is 6.07 Å². The Morgan fingerprint density at radius 1 is 1.19 bits per heavy atom. The summed E-state index contributed by atoms with van der Waals surface area (Å²) in [4.78, 5) is 6.85. The molecule has 0 bridgehead atoms. The zero-order valence-corrected chi connectivity index (χ0v) is 13.6. The van der Waals surface area contributed by atoms with E-state index in [-0.39, 0.29) is 0 Å². The topological polar surface area (TPSA) is 53.9 Å². The first-order chi connectivity index (χ1) is 10.2. The van der Waals surface area contributed by atoms with E-state index in [1.165, 1.54) is 24.8 Å². The smallest absolute Gasteiger partial charge is 0.249 e. The summed E-state index contributed by atoms with van der Waals surface area (Å²) in [6.45, 7) is 4.16. The predicted molar refractivity (Wildman–Crippen MR) is 88.1 cm³/mol. The minimum absolute atomic E-state index is 0.530. The van der Waals surface area contributed by atoms with Gasteiger partial charge in [-0.2, -0.15) is 10.1 Å². The molecule has 0 spiro atoms. The molecule has 110 valence electrons. The van der Waals surface area contributed by atoms with Crippen molar-refractivity contribution >= 4 is 33.4 Å². The zero-order chi connectivity index (χ0) is 14.7. The van der Waals surface area contributed by atoms with Crippen LogP contribution in [0.25, 0.3) is 0 Å². The molecule has 21 heavy (non-hydrogen) atoms. The van der Waals surface area contributed by atoms with Crippen LogP contribution in [0.15, 0.2) is 28.9 Å². The van der Waals surface area contributed by atoms with E-state index in [2.05, 4.69) is 60.4 Å². The minimum atomic E-state index is 0.530. The molecule has 1 saturated heterocycles. The largest absolute Gasteiger partial charge is 0.355 e. The molecule has 0 atom stereocenters. The molecule has 0 unspecified atom stereocenters. The van der Waals surface area contributed by atoms with Crippen LogP contribution in [0.3, 0.4) is 0 Å². The van der Waals surface area contributed by atoms with Crippen LogP contribution in [0.2, 0.25) is 0 Å². The lowest BCUT2D eigenvalue weighted by atomic mass is 10.1. The van der Waals surface area contributed by atoms with Crippen molar-refractivity contribution in [2.45, 2.75) is 26.2 Å². The highest BCUT2D eigenvalue weighted by molar-refractivity contribution is 9.10. The summed E-state index contributed by atoms with van der Waals surface area (Å²) in [5, 5.41) is 11.4. The second-order valence-electron chi connectivity index (χ2n) is 5.29. The minimum Gasteiger partial charge on any atom is -0.355 e. The Morgan fingerprint density at radius 2 is 2.00 bits per heavy atom. The molecule has 3 rings (SSSR count). The van der Waals surface area contributed by atoms with E-state index in [0.717, 1.165) is 29.1 Å². The molecule has 0 amide bonds. The van der Waals surface area contributed by atoms with Gasteiger partial charge in [-0.15, -0.1) is 5.10 Å². The first-order valence-corrected chi connectivity index (χ1v) is 7.99. The van der Waals surface area contributed by atoms with Crippen LogP contribution in [0.1, 0.15) is 24.8 Å². The second-order valence-corrected chi connectivity index (χ2v) is 6.15. The summed E-state index contributed by atoms with van der Waals surface area (Å²) in [6.07, 6.45) is 5.48. The van der Waals surface area contributed by atoms with E-state index >= 15 is 0 Å². The van der Waals surface area contributed by atoms with Gasteiger partial charge in [0.2, 0.25) is 5.95 Å². The van der Waals surface area contributed by atoms with Crippen LogP contribution in [-0.4, -0.2) is 28.3 Å². The third-order valence-corrected chi connectivity index (χ3v) is 4.25. The lowest BCUT2D eigenvalue weighted by molar-refractivity contribution is 0.572. The molecular formula is C15H18BrN5. The highest BCUT2D eigenvalue weighted by Gasteiger charge is 2.13. The Bertz CT molecular complexity index is 625.